The van der Waals surface area contributed by atoms with Crippen molar-refractivity contribution in [2.24, 2.45) is 0 Å². The molecule has 0 saturated heterocycles. The Bertz CT molecular complexity index is 622. The molecule has 1 N–H and O–H groups in total. The number of benzene rings is 1. The lowest BCUT2D eigenvalue weighted by molar-refractivity contribution is -0.122. The number of hydrogen-bond donors (Lipinski definition) is 1. The number of aromatic nitrogens is 2. The van der Waals surface area contributed by atoms with Crippen LogP contribution in [0.25, 0.3) is 0 Å². The van der Waals surface area contributed by atoms with Crippen molar-refractivity contribution in [1.82, 2.24) is 15.1 Å². The fraction of sp³-hybridized carbons (Fsp3) is 0.286. The first-order valence-corrected chi connectivity index (χ1v) is 6.97. The van der Waals surface area contributed by atoms with E-state index in [9.17, 15) is 9.18 Å². The van der Waals surface area contributed by atoms with E-state index in [4.69, 9.17) is 0 Å². The van der Waals surface area contributed by atoms with E-state index >= 15 is 0 Å². The van der Waals surface area contributed by atoms with Crippen LogP contribution in [-0.4, -0.2) is 15.7 Å². The lowest BCUT2D eigenvalue weighted by Crippen LogP contribution is -2.28. The van der Waals surface area contributed by atoms with Crippen LogP contribution in [0.3, 0.4) is 0 Å². The van der Waals surface area contributed by atoms with Crippen LogP contribution < -0.4 is 5.32 Å². The van der Waals surface area contributed by atoms with Gasteiger partial charge in [0, 0.05) is 6.54 Å². The number of carbonyl (C=O) groups is 1. The monoisotopic (exact) mass is 339 g/mol. The summed E-state index contributed by atoms with van der Waals surface area (Å²) >= 11 is 3.42. The number of carbonyl (C=O) groups excluding carboxylic acids is 1. The molecule has 4 nitrogen and oxygen atoms in total. The predicted octanol–water partition coefficient (Wildman–Crippen LogP) is 2.72. The van der Waals surface area contributed by atoms with E-state index in [1.165, 1.54) is 12.1 Å². The second kappa shape index (κ2) is 6.17. The summed E-state index contributed by atoms with van der Waals surface area (Å²) in [5.74, 6) is -0.417. The molecule has 2 rings (SSSR count). The topological polar surface area (TPSA) is 46.9 Å². The average molecular weight is 340 g/mol. The summed E-state index contributed by atoms with van der Waals surface area (Å²) < 4.78 is 15.3. The molecule has 20 heavy (non-hydrogen) atoms. The van der Waals surface area contributed by atoms with Gasteiger partial charge in [-0.05, 0) is 47.5 Å². The Kier molecular flexibility index (Phi) is 4.54. The molecule has 0 fully saturated rings. The Morgan fingerprint density at radius 1 is 1.35 bits per heavy atom. The summed E-state index contributed by atoms with van der Waals surface area (Å²) in [5, 5.41) is 7.06. The lowest BCUT2D eigenvalue weighted by Gasteiger charge is -2.07. The summed E-state index contributed by atoms with van der Waals surface area (Å²) in [4.78, 5) is 11.9. The summed E-state index contributed by atoms with van der Waals surface area (Å²) in [6.45, 7) is 4.32. The number of rotatable bonds is 4. The summed E-state index contributed by atoms with van der Waals surface area (Å²) in [5.41, 5.74) is 2.63. The standard InChI is InChI=1S/C14H15BrFN3O/c1-9-14(15)10(2)19(18-9)8-13(20)17-7-11-3-5-12(16)6-4-11/h3-6H,7-8H2,1-2H3,(H,17,20). The molecule has 0 radical (unpaired) electrons. The molecular formula is C14H15BrFN3O. The normalized spacial score (nSPS) is 10.6. The number of hydrogen-bond acceptors (Lipinski definition) is 2. The van der Waals surface area contributed by atoms with Crippen LogP contribution in [-0.2, 0) is 17.9 Å². The second-order valence-electron chi connectivity index (χ2n) is 4.55. The van der Waals surface area contributed by atoms with E-state index in [0.717, 1.165) is 21.4 Å². The molecule has 1 heterocycles. The molecule has 0 aliphatic heterocycles. The van der Waals surface area contributed by atoms with Gasteiger partial charge in [0.2, 0.25) is 5.91 Å². The summed E-state index contributed by atoms with van der Waals surface area (Å²) in [6, 6.07) is 6.05. The number of aryl methyl sites for hydroxylation is 1. The van der Waals surface area contributed by atoms with Gasteiger partial charge < -0.3 is 5.32 Å². The molecule has 0 bridgehead atoms. The van der Waals surface area contributed by atoms with Crippen molar-refractivity contribution in [3.63, 3.8) is 0 Å². The molecule has 0 saturated carbocycles. The quantitative estimate of drug-likeness (QED) is 0.930. The minimum Gasteiger partial charge on any atom is -0.350 e. The van der Waals surface area contributed by atoms with Crippen molar-refractivity contribution in [3.05, 3.63) is 51.5 Å². The highest BCUT2D eigenvalue weighted by Gasteiger charge is 2.11. The van der Waals surface area contributed by atoms with E-state index in [2.05, 4.69) is 26.3 Å². The first-order chi connectivity index (χ1) is 9.47. The third-order valence-electron chi connectivity index (χ3n) is 2.99. The Balaban J connectivity index is 1.92. The summed E-state index contributed by atoms with van der Waals surface area (Å²) in [7, 11) is 0. The van der Waals surface area contributed by atoms with Crippen molar-refractivity contribution in [2.75, 3.05) is 0 Å². The highest BCUT2D eigenvalue weighted by atomic mass is 79.9. The van der Waals surface area contributed by atoms with Gasteiger partial charge in [-0.25, -0.2) is 4.39 Å². The van der Waals surface area contributed by atoms with Crippen LogP contribution in [0, 0.1) is 19.7 Å². The minimum absolute atomic E-state index is 0.132. The van der Waals surface area contributed by atoms with E-state index in [-0.39, 0.29) is 18.3 Å². The SMILES string of the molecule is Cc1nn(CC(=O)NCc2ccc(F)cc2)c(C)c1Br. The second-order valence-corrected chi connectivity index (χ2v) is 5.34. The van der Waals surface area contributed by atoms with Crippen molar-refractivity contribution < 1.29 is 9.18 Å². The molecular weight excluding hydrogens is 325 g/mol. The lowest BCUT2D eigenvalue weighted by atomic mass is 10.2. The smallest absolute Gasteiger partial charge is 0.242 e. The van der Waals surface area contributed by atoms with Gasteiger partial charge in [-0.3, -0.25) is 9.48 Å². The number of nitrogens with one attached hydrogen (secondary N) is 1. The van der Waals surface area contributed by atoms with Gasteiger partial charge in [0.05, 0.1) is 15.9 Å². The van der Waals surface area contributed by atoms with Gasteiger partial charge in [0.25, 0.3) is 0 Å². The predicted molar refractivity (Wildman–Crippen MR) is 77.6 cm³/mol. The van der Waals surface area contributed by atoms with Crippen molar-refractivity contribution in [3.8, 4) is 0 Å². The summed E-state index contributed by atoms with van der Waals surface area (Å²) in [6.07, 6.45) is 0. The van der Waals surface area contributed by atoms with Gasteiger partial charge in [-0.2, -0.15) is 5.10 Å². The van der Waals surface area contributed by atoms with Crippen LogP contribution in [0.4, 0.5) is 4.39 Å². The molecule has 1 aromatic carbocycles. The Hall–Kier alpha value is -1.69. The molecule has 1 aromatic heterocycles. The zero-order valence-corrected chi connectivity index (χ0v) is 12.9. The first kappa shape index (κ1) is 14.7. The first-order valence-electron chi connectivity index (χ1n) is 6.18. The van der Waals surface area contributed by atoms with Gasteiger partial charge in [-0.15, -0.1) is 0 Å². The Morgan fingerprint density at radius 2 is 2.00 bits per heavy atom. The van der Waals surface area contributed by atoms with Crippen molar-refractivity contribution >= 4 is 21.8 Å². The van der Waals surface area contributed by atoms with E-state index < -0.39 is 0 Å². The highest BCUT2D eigenvalue weighted by Crippen LogP contribution is 2.19. The zero-order chi connectivity index (χ0) is 14.7. The third-order valence-corrected chi connectivity index (χ3v) is 4.14. The van der Waals surface area contributed by atoms with Crippen LogP contribution in [0.15, 0.2) is 28.7 Å². The molecule has 0 aliphatic carbocycles. The molecule has 106 valence electrons. The van der Waals surface area contributed by atoms with Crippen LogP contribution >= 0.6 is 15.9 Å². The number of halogens is 2. The average Bonchev–Trinajstić information content (AvgIpc) is 2.66. The fourth-order valence-electron chi connectivity index (χ4n) is 1.82. The molecule has 1 amide bonds. The molecule has 0 aliphatic rings. The maximum Gasteiger partial charge on any atom is 0.242 e. The van der Waals surface area contributed by atoms with Crippen LogP contribution in [0.1, 0.15) is 17.0 Å². The molecule has 0 spiro atoms. The maximum atomic E-state index is 12.8. The fourth-order valence-corrected chi connectivity index (χ4v) is 2.11. The van der Waals surface area contributed by atoms with Gasteiger partial charge in [0.15, 0.2) is 0 Å². The molecule has 2 aromatic rings. The molecule has 0 unspecified atom stereocenters. The van der Waals surface area contributed by atoms with Crippen LogP contribution in [0.5, 0.6) is 0 Å². The van der Waals surface area contributed by atoms with Gasteiger partial charge in [-0.1, -0.05) is 12.1 Å². The van der Waals surface area contributed by atoms with E-state index in [0.29, 0.717) is 6.54 Å². The Morgan fingerprint density at radius 3 is 2.55 bits per heavy atom. The van der Waals surface area contributed by atoms with E-state index in [1.54, 1.807) is 16.8 Å². The molecule has 0 atom stereocenters. The minimum atomic E-state index is -0.285. The van der Waals surface area contributed by atoms with Gasteiger partial charge >= 0.3 is 0 Å². The maximum absolute atomic E-state index is 12.8. The largest absolute Gasteiger partial charge is 0.350 e. The van der Waals surface area contributed by atoms with E-state index in [1.807, 2.05) is 13.8 Å². The highest BCUT2D eigenvalue weighted by molar-refractivity contribution is 9.10. The van der Waals surface area contributed by atoms with Crippen molar-refractivity contribution in [1.29, 1.82) is 0 Å². The molecule has 6 heteroatoms. The zero-order valence-electron chi connectivity index (χ0n) is 11.3. The third kappa shape index (κ3) is 3.45. The number of amides is 1. The number of nitrogens with zero attached hydrogens (tertiary/aromatic N) is 2. The Labute approximate surface area is 125 Å². The van der Waals surface area contributed by atoms with Crippen molar-refractivity contribution in [2.45, 2.75) is 26.9 Å². The van der Waals surface area contributed by atoms with Crippen LogP contribution in [0.2, 0.25) is 0 Å². The van der Waals surface area contributed by atoms with Gasteiger partial charge in [0.1, 0.15) is 12.4 Å².